The maximum Gasteiger partial charge on any atom is 0.191 e. The highest BCUT2D eigenvalue weighted by Gasteiger charge is 2.14. The lowest BCUT2D eigenvalue weighted by Crippen LogP contribution is -2.05. The van der Waals surface area contributed by atoms with Crippen LogP contribution >= 0.6 is 0 Å². The predicted octanol–water partition coefficient (Wildman–Crippen LogP) is 3.01. The van der Waals surface area contributed by atoms with Gasteiger partial charge in [0.05, 0.1) is 5.56 Å². The van der Waals surface area contributed by atoms with Gasteiger partial charge in [-0.3, -0.25) is 0 Å². The van der Waals surface area contributed by atoms with Crippen molar-refractivity contribution in [3.8, 4) is 11.8 Å². The summed E-state index contributed by atoms with van der Waals surface area (Å²) in [6.45, 7) is -0.399. The molecule has 0 saturated carbocycles. The minimum absolute atomic E-state index is 0.00698. The van der Waals surface area contributed by atoms with Gasteiger partial charge in [-0.15, -0.1) is 0 Å². The molecule has 2 aromatic rings. The van der Waals surface area contributed by atoms with Crippen LogP contribution in [0, 0.1) is 28.8 Å². The van der Waals surface area contributed by atoms with Gasteiger partial charge in [0, 0.05) is 12.1 Å². The van der Waals surface area contributed by atoms with Gasteiger partial charge in [-0.2, -0.15) is 5.26 Å². The lowest BCUT2D eigenvalue weighted by molar-refractivity contribution is 0.269. The molecule has 0 saturated heterocycles. The Hall–Kier alpha value is -2.52. The van der Waals surface area contributed by atoms with Crippen molar-refractivity contribution in [2.75, 3.05) is 0 Å². The molecule has 0 amide bonds. The Morgan fingerprint density at radius 3 is 2.38 bits per heavy atom. The second kappa shape index (κ2) is 6.29. The fourth-order valence-corrected chi connectivity index (χ4v) is 1.80. The Labute approximate surface area is 119 Å². The first-order valence-corrected chi connectivity index (χ1v) is 6.05. The summed E-state index contributed by atoms with van der Waals surface area (Å²) in [4.78, 5) is 0. The second-order valence-corrected chi connectivity index (χ2v) is 4.27. The highest BCUT2D eigenvalue weighted by atomic mass is 19.1. The SMILES string of the molecule is N#Cc1cccc(COc2c(F)cc(CN)cc2F)c1F. The smallest absolute Gasteiger partial charge is 0.191 e. The fraction of sp³-hybridized carbons (Fsp3) is 0.133. The van der Waals surface area contributed by atoms with Gasteiger partial charge in [-0.05, 0) is 23.8 Å². The van der Waals surface area contributed by atoms with E-state index in [0.717, 1.165) is 12.1 Å². The fourth-order valence-electron chi connectivity index (χ4n) is 1.80. The molecule has 0 atom stereocenters. The molecule has 2 aromatic carbocycles. The zero-order valence-corrected chi connectivity index (χ0v) is 10.9. The molecule has 0 aliphatic heterocycles. The van der Waals surface area contributed by atoms with Crippen LogP contribution in [0.1, 0.15) is 16.7 Å². The largest absolute Gasteiger partial charge is 0.483 e. The first-order chi connectivity index (χ1) is 10.1. The van der Waals surface area contributed by atoms with E-state index in [0.29, 0.717) is 0 Å². The predicted molar refractivity (Wildman–Crippen MR) is 69.7 cm³/mol. The van der Waals surface area contributed by atoms with Crippen molar-refractivity contribution in [2.45, 2.75) is 13.2 Å². The first-order valence-electron chi connectivity index (χ1n) is 6.05. The molecule has 108 valence electrons. The molecule has 0 radical (unpaired) electrons. The summed E-state index contributed by atoms with van der Waals surface area (Å²) >= 11 is 0. The van der Waals surface area contributed by atoms with Gasteiger partial charge in [0.25, 0.3) is 0 Å². The maximum absolute atomic E-state index is 13.8. The summed E-state index contributed by atoms with van der Waals surface area (Å²) in [6, 6.07) is 7.93. The van der Waals surface area contributed by atoms with Crippen LogP contribution < -0.4 is 10.5 Å². The Kier molecular flexibility index (Phi) is 4.45. The van der Waals surface area contributed by atoms with E-state index >= 15 is 0 Å². The summed E-state index contributed by atoms with van der Waals surface area (Å²) < 4.78 is 46.1. The molecule has 0 aromatic heterocycles. The van der Waals surface area contributed by atoms with Gasteiger partial charge in [0.1, 0.15) is 18.5 Å². The van der Waals surface area contributed by atoms with Crippen molar-refractivity contribution < 1.29 is 17.9 Å². The number of hydrogen-bond donors (Lipinski definition) is 1. The topological polar surface area (TPSA) is 59.0 Å². The van der Waals surface area contributed by atoms with E-state index in [1.807, 2.05) is 0 Å². The van der Waals surface area contributed by atoms with Crippen LogP contribution in [0.2, 0.25) is 0 Å². The quantitative estimate of drug-likeness (QED) is 0.942. The molecule has 6 heteroatoms. The van der Waals surface area contributed by atoms with Crippen LogP contribution in [-0.2, 0) is 13.2 Å². The van der Waals surface area contributed by atoms with Crippen LogP contribution in [-0.4, -0.2) is 0 Å². The lowest BCUT2D eigenvalue weighted by atomic mass is 10.1. The lowest BCUT2D eigenvalue weighted by Gasteiger charge is -2.10. The summed E-state index contributed by atoms with van der Waals surface area (Å²) in [5, 5.41) is 8.71. The first kappa shape index (κ1) is 14.9. The average Bonchev–Trinajstić information content (AvgIpc) is 2.47. The molecular weight excluding hydrogens is 281 g/mol. The second-order valence-electron chi connectivity index (χ2n) is 4.27. The van der Waals surface area contributed by atoms with Gasteiger partial charge in [-0.1, -0.05) is 12.1 Å². The molecule has 3 nitrogen and oxygen atoms in total. The molecule has 0 spiro atoms. The molecule has 2 N–H and O–H groups in total. The van der Waals surface area contributed by atoms with Crippen LogP contribution in [0.4, 0.5) is 13.2 Å². The van der Waals surface area contributed by atoms with Crippen LogP contribution in [0.3, 0.4) is 0 Å². The Bertz CT molecular complexity index is 688. The third-order valence-electron chi connectivity index (χ3n) is 2.86. The van der Waals surface area contributed by atoms with Gasteiger partial charge in [0.15, 0.2) is 17.4 Å². The summed E-state index contributed by atoms with van der Waals surface area (Å²) in [5.74, 6) is -3.19. The number of ether oxygens (including phenoxy) is 1. The normalized spacial score (nSPS) is 10.2. The van der Waals surface area contributed by atoms with Crippen LogP contribution in [0.25, 0.3) is 0 Å². The third-order valence-corrected chi connectivity index (χ3v) is 2.86. The minimum atomic E-state index is -0.910. The van der Waals surface area contributed by atoms with Crippen molar-refractivity contribution in [1.29, 1.82) is 5.26 Å². The van der Waals surface area contributed by atoms with E-state index in [1.165, 1.54) is 18.2 Å². The molecule has 21 heavy (non-hydrogen) atoms. The molecule has 0 fully saturated rings. The maximum atomic E-state index is 13.8. The number of nitrogens with zero attached hydrogens (tertiary/aromatic N) is 1. The summed E-state index contributed by atoms with van der Waals surface area (Å²) in [5.41, 5.74) is 5.47. The third kappa shape index (κ3) is 3.15. The molecular formula is C15H11F3N2O. The number of benzene rings is 2. The number of halogens is 3. The highest BCUT2D eigenvalue weighted by molar-refractivity contribution is 5.35. The van der Waals surface area contributed by atoms with Gasteiger partial charge >= 0.3 is 0 Å². The van der Waals surface area contributed by atoms with Crippen molar-refractivity contribution in [1.82, 2.24) is 0 Å². The number of hydrogen-bond acceptors (Lipinski definition) is 3. The van der Waals surface area contributed by atoms with Gasteiger partial charge in [0.2, 0.25) is 0 Å². The number of nitrogens with two attached hydrogens (primary N) is 1. The zero-order chi connectivity index (χ0) is 15.4. The molecule has 0 aliphatic rings. The van der Waals surface area contributed by atoms with Gasteiger partial charge in [-0.25, -0.2) is 13.2 Å². The van der Waals surface area contributed by atoms with E-state index in [9.17, 15) is 13.2 Å². The number of rotatable bonds is 4. The van der Waals surface area contributed by atoms with E-state index in [4.69, 9.17) is 15.7 Å². The zero-order valence-electron chi connectivity index (χ0n) is 10.9. The van der Waals surface area contributed by atoms with Crippen molar-refractivity contribution in [2.24, 2.45) is 5.73 Å². The average molecular weight is 292 g/mol. The molecule has 0 bridgehead atoms. The summed E-state index contributed by atoms with van der Waals surface area (Å²) in [7, 11) is 0. The minimum Gasteiger partial charge on any atom is -0.483 e. The van der Waals surface area contributed by atoms with Crippen LogP contribution in [0.5, 0.6) is 5.75 Å². The Morgan fingerprint density at radius 2 is 1.81 bits per heavy atom. The standard InChI is InChI=1S/C15H11F3N2O/c16-12-4-9(6-19)5-13(17)15(12)21-8-11-3-1-2-10(7-20)14(11)18/h1-5H,6,8,19H2. The van der Waals surface area contributed by atoms with E-state index in [2.05, 4.69) is 0 Å². The van der Waals surface area contributed by atoms with Gasteiger partial charge < -0.3 is 10.5 Å². The highest BCUT2D eigenvalue weighted by Crippen LogP contribution is 2.25. The number of nitriles is 1. The van der Waals surface area contributed by atoms with E-state index < -0.39 is 29.8 Å². The van der Waals surface area contributed by atoms with Crippen molar-refractivity contribution >= 4 is 0 Å². The Balaban J connectivity index is 2.23. The molecule has 0 unspecified atom stereocenters. The molecule has 0 heterocycles. The molecule has 0 aliphatic carbocycles. The molecule has 2 rings (SSSR count). The van der Waals surface area contributed by atoms with Crippen LogP contribution in [0.15, 0.2) is 30.3 Å². The monoisotopic (exact) mass is 292 g/mol. The summed E-state index contributed by atoms with van der Waals surface area (Å²) in [6.07, 6.45) is 0. The van der Waals surface area contributed by atoms with Crippen molar-refractivity contribution in [3.05, 3.63) is 64.5 Å². The van der Waals surface area contributed by atoms with E-state index in [-0.39, 0.29) is 23.2 Å². The van der Waals surface area contributed by atoms with Crippen molar-refractivity contribution in [3.63, 3.8) is 0 Å². The van der Waals surface area contributed by atoms with E-state index in [1.54, 1.807) is 6.07 Å². The Morgan fingerprint density at radius 1 is 1.14 bits per heavy atom.